The lowest BCUT2D eigenvalue weighted by Crippen LogP contribution is -2.36. The van der Waals surface area contributed by atoms with E-state index in [9.17, 15) is 4.79 Å². The molecule has 1 N–H and O–H groups in total. The summed E-state index contributed by atoms with van der Waals surface area (Å²) in [5.41, 5.74) is 2.63. The minimum atomic E-state index is -0.0754. The minimum Gasteiger partial charge on any atom is -0.497 e. The Kier molecular flexibility index (Phi) is 8.11. The molecule has 1 fully saturated rings. The summed E-state index contributed by atoms with van der Waals surface area (Å²) in [4.78, 5) is 19.8. The molecule has 1 aliphatic carbocycles. The predicted molar refractivity (Wildman–Crippen MR) is 142 cm³/mol. The van der Waals surface area contributed by atoms with Crippen LogP contribution in [0.2, 0.25) is 0 Å². The molecule has 0 bridgehead atoms. The fourth-order valence-corrected chi connectivity index (χ4v) is 5.69. The monoisotopic (exact) mass is 523 g/mol. The Hall–Kier alpha value is -3.30. The molecule has 2 aliphatic rings. The third kappa shape index (κ3) is 6.34. The lowest BCUT2D eigenvalue weighted by molar-refractivity contribution is 0.0923. The second-order valence-corrected chi connectivity index (χ2v) is 10.4. The first-order valence-electron chi connectivity index (χ1n) is 12.7. The summed E-state index contributed by atoms with van der Waals surface area (Å²) >= 11 is 1.52. The number of hydrogen-bond acceptors (Lipinski definition) is 8. The van der Waals surface area contributed by atoms with E-state index in [1.807, 2.05) is 35.7 Å². The third-order valence-electron chi connectivity index (χ3n) is 6.81. The smallest absolute Gasteiger partial charge is 0.270 e. The van der Waals surface area contributed by atoms with Crippen molar-refractivity contribution in [3.05, 3.63) is 63.6 Å². The first kappa shape index (κ1) is 25.4. The Morgan fingerprint density at radius 2 is 1.86 bits per heavy atom. The molecule has 0 atom stereocenters. The molecule has 9 heteroatoms. The number of aromatic nitrogens is 1. The quantitative estimate of drug-likeness (QED) is 0.393. The number of nitrogens with zero attached hydrogens (tertiary/aromatic N) is 2. The number of hydrogen-bond donors (Lipinski definition) is 1. The average Bonchev–Trinajstić information content (AvgIpc) is 3.59. The maximum Gasteiger partial charge on any atom is 0.270 e. The zero-order chi connectivity index (χ0) is 25.6. The Morgan fingerprint density at radius 1 is 1.03 bits per heavy atom. The second kappa shape index (κ2) is 11.8. The topological polar surface area (TPSA) is 82.2 Å². The van der Waals surface area contributed by atoms with Gasteiger partial charge in [0.1, 0.15) is 22.2 Å². The van der Waals surface area contributed by atoms with Crippen LogP contribution in [0.5, 0.6) is 23.0 Å². The molecule has 196 valence electrons. The van der Waals surface area contributed by atoms with Gasteiger partial charge in [-0.05, 0) is 36.6 Å². The summed E-state index contributed by atoms with van der Waals surface area (Å²) in [6, 6.07) is 12.1. The SMILES string of the molecule is COc1ccc(CN(Cc2ccc3c(c2)OCO3)Cc2nc(C(=O)NC3CCCCC3)cs2)c(OC)c1. The highest BCUT2D eigenvalue weighted by Gasteiger charge is 2.21. The van der Waals surface area contributed by atoms with E-state index in [4.69, 9.17) is 23.9 Å². The normalized spacial score (nSPS) is 15.1. The predicted octanol–water partition coefficient (Wildman–Crippen LogP) is 5.15. The first-order valence-corrected chi connectivity index (χ1v) is 13.6. The zero-order valence-electron chi connectivity index (χ0n) is 21.3. The maximum absolute atomic E-state index is 12.8. The van der Waals surface area contributed by atoms with Crippen LogP contribution in [0.15, 0.2) is 41.8 Å². The molecular formula is C28H33N3O5S. The summed E-state index contributed by atoms with van der Waals surface area (Å²) in [5, 5.41) is 5.92. The van der Waals surface area contributed by atoms with Gasteiger partial charge in [0.05, 0.1) is 20.8 Å². The van der Waals surface area contributed by atoms with Gasteiger partial charge in [-0.15, -0.1) is 11.3 Å². The van der Waals surface area contributed by atoms with Crippen LogP contribution in [0.25, 0.3) is 0 Å². The summed E-state index contributed by atoms with van der Waals surface area (Å²) in [5.74, 6) is 2.96. The molecular weight excluding hydrogens is 490 g/mol. The fraction of sp³-hybridized carbons (Fsp3) is 0.429. The largest absolute Gasteiger partial charge is 0.497 e. The molecule has 37 heavy (non-hydrogen) atoms. The second-order valence-electron chi connectivity index (χ2n) is 9.45. The van der Waals surface area contributed by atoms with E-state index in [2.05, 4.69) is 16.3 Å². The zero-order valence-corrected chi connectivity index (χ0v) is 22.1. The van der Waals surface area contributed by atoms with Crippen LogP contribution in [-0.4, -0.2) is 42.8 Å². The Labute approximate surface area is 221 Å². The van der Waals surface area contributed by atoms with Crippen molar-refractivity contribution in [1.82, 2.24) is 15.2 Å². The Morgan fingerprint density at radius 3 is 2.68 bits per heavy atom. The van der Waals surface area contributed by atoms with Gasteiger partial charge in [0.2, 0.25) is 6.79 Å². The van der Waals surface area contributed by atoms with Crippen LogP contribution in [0, 0.1) is 0 Å². The Balaban J connectivity index is 1.33. The maximum atomic E-state index is 12.8. The number of carbonyl (C=O) groups excluding carboxylic acids is 1. The standard InChI is InChI=1S/C28H33N3O5S/c1-33-22-10-9-20(25(13-22)34-2)15-31(14-19-8-11-24-26(12-19)36-18-35-24)16-27-30-23(17-37-27)28(32)29-21-6-4-3-5-7-21/h8-13,17,21H,3-7,14-16,18H2,1-2H3,(H,29,32). The molecule has 5 rings (SSSR count). The third-order valence-corrected chi connectivity index (χ3v) is 7.65. The molecule has 3 aromatic rings. The van der Waals surface area contributed by atoms with Crippen molar-refractivity contribution >= 4 is 17.2 Å². The van der Waals surface area contributed by atoms with Crippen LogP contribution < -0.4 is 24.3 Å². The molecule has 1 aliphatic heterocycles. The van der Waals surface area contributed by atoms with Crippen LogP contribution in [0.3, 0.4) is 0 Å². The highest BCUT2D eigenvalue weighted by atomic mass is 32.1. The van der Waals surface area contributed by atoms with E-state index in [0.717, 1.165) is 52.0 Å². The Bertz CT molecular complexity index is 1220. The van der Waals surface area contributed by atoms with E-state index in [1.54, 1.807) is 14.2 Å². The molecule has 0 unspecified atom stereocenters. The van der Waals surface area contributed by atoms with Gasteiger partial charge in [0, 0.05) is 36.1 Å². The van der Waals surface area contributed by atoms with Gasteiger partial charge in [0.25, 0.3) is 5.91 Å². The molecule has 1 amide bonds. The number of fused-ring (bicyclic) bond motifs is 1. The fourth-order valence-electron chi connectivity index (χ4n) is 4.87. The van der Waals surface area contributed by atoms with Gasteiger partial charge in [-0.1, -0.05) is 31.4 Å². The van der Waals surface area contributed by atoms with E-state index in [1.165, 1.54) is 30.6 Å². The average molecular weight is 524 g/mol. The van der Waals surface area contributed by atoms with Crippen LogP contribution in [0.4, 0.5) is 0 Å². The lowest BCUT2D eigenvalue weighted by atomic mass is 9.95. The first-order chi connectivity index (χ1) is 18.1. The summed E-state index contributed by atoms with van der Waals surface area (Å²) in [7, 11) is 3.31. The number of amides is 1. The van der Waals surface area contributed by atoms with E-state index in [-0.39, 0.29) is 18.7 Å². The number of ether oxygens (including phenoxy) is 4. The van der Waals surface area contributed by atoms with Crippen LogP contribution >= 0.6 is 11.3 Å². The number of methoxy groups -OCH3 is 2. The molecule has 0 radical (unpaired) electrons. The van der Waals surface area contributed by atoms with Crippen molar-refractivity contribution in [1.29, 1.82) is 0 Å². The minimum absolute atomic E-state index is 0.0754. The number of rotatable bonds is 10. The van der Waals surface area contributed by atoms with Crippen molar-refractivity contribution in [2.45, 2.75) is 57.8 Å². The van der Waals surface area contributed by atoms with Crippen LogP contribution in [-0.2, 0) is 19.6 Å². The number of carbonyl (C=O) groups is 1. The van der Waals surface area contributed by atoms with Crippen molar-refractivity contribution in [3.8, 4) is 23.0 Å². The highest BCUT2D eigenvalue weighted by molar-refractivity contribution is 7.09. The van der Waals surface area contributed by atoms with E-state index >= 15 is 0 Å². The van der Waals surface area contributed by atoms with Crippen molar-refractivity contribution in [2.24, 2.45) is 0 Å². The summed E-state index contributed by atoms with van der Waals surface area (Å²) < 4.78 is 22.1. The van der Waals surface area contributed by atoms with Gasteiger partial charge in [-0.25, -0.2) is 4.98 Å². The van der Waals surface area contributed by atoms with Gasteiger partial charge < -0.3 is 24.3 Å². The molecule has 2 aromatic carbocycles. The molecule has 2 heterocycles. The van der Waals surface area contributed by atoms with Crippen molar-refractivity contribution < 1.29 is 23.7 Å². The van der Waals surface area contributed by atoms with Crippen LogP contribution in [0.1, 0.15) is 58.7 Å². The molecule has 0 saturated heterocycles. The van der Waals surface area contributed by atoms with E-state index < -0.39 is 0 Å². The number of benzene rings is 2. The van der Waals surface area contributed by atoms with Gasteiger partial charge in [-0.2, -0.15) is 0 Å². The van der Waals surface area contributed by atoms with Crippen molar-refractivity contribution in [3.63, 3.8) is 0 Å². The number of thiazole rings is 1. The van der Waals surface area contributed by atoms with Gasteiger partial charge in [0.15, 0.2) is 11.5 Å². The van der Waals surface area contributed by atoms with Gasteiger partial charge >= 0.3 is 0 Å². The number of nitrogens with one attached hydrogen (secondary N) is 1. The molecule has 1 aromatic heterocycles. The lowest BCUT2D eigenvalue weighted by Gasteiger charge is -2.23. The summed E-state index contributed by atoms with van der Waals surface area (Å²) in [6.07, 6.45) is 5.71. The van der Waals surface area contributed by atoms with Gasteiger partial charge in [-0.3, -0.25) is 9.69 Å². The molecule has 1 saturated carbocycles. The molecule has 0 spiro atoms. The van der Waals surface area contributed by atoms with E-state index in [0.29, 0.717) is 25.3 Å². The highest BCUT2D eigenvalue weighted by Crippen LogP contribution is 2.33. The van der Waals surface area contributed by atoms with Crippen molar-refractivity contribution in [2.75, 3.05) is 21.0 Å². The molecule has 8 nitrogen and oxygen atoms in total. The summed E-state index contributed by atoms with van der Waals surface area (Å²) in [6.45, 7) is 2.13.